The molecule has 0 aromatic heterocycles. The largest absolute Gasteiger partial charge is 0.430 e. The Morgan fingerprint density at radius 1 is 1.08 bits per heavy atom. The third-order valence-electron chi connectivity index (χ3n) is 7.39. The van der Waals surface area contributed by atoms with Gasteiger partial charge < -0.3 is 15.0 Å². The summed E-state index contributed by atoms with van der Waals surface area (Å²) in [5.74, 6) is -6.10. The van der Waals surface area contributed by atoms with Crippen molar-refractivity contribution < 1.29 is 40.7 Å². The van der Waals surface area contributed by atoms with Crippen LogP contribution < -0.4 is 5.32 Å². The number of ether oxygens (including phenoxy) is 1. The number of carbonyl (C=O) groups excluding carboxylic acids is 2. The highest BCUT2D eigenvalue weighted by atomic mass is 19.4. The SMILES string of the molecule is CO[C@@](C(=O)N1CCC2(CC1)CC(=O)NCC2c1cc(F)cc(F)c1F)(c1ccccc1)C(F)(F)F. The highest BCUT2D eigenvalue weighted by Crippen LogP contribution is 2.51. The number of nitrogens with zero attached hydrogens (tertiary/aromatic N) is 1. The van der Waals surface area contributed by atoms with E-state index in [1.54, 1.807) is 0 Å². The van der Waals surface area contributed by atoms with Crippen molar-refractivity contribution in [3.63, 3.8) is 0 Å². The third-order valence-corrected chi connectivity index (χ3v) is 7.39. The Balaban J connectivity index is 1.66. The molecule has 2 aromatic rings. The Labute approximate surface area is 203 Å². The lowest BCUT2D eigenvalue weighted by Crippen LogP contribution is -2.60. The molecular weight excluding hydrogens is 490 g/mol. The molecule has 2 amide bonds. The Hall–Kier alpha value is -3.08. The number of nitrogens with one attached hydrogen (secondary N) is 1. The molecule has 2 atom stereocenters. The van der Waals surface area contributed by atoms with Crippen LogP contribution in [0.5, 0.6) is 0 Å². The van der Waals surface area contributed by atoms with Crippen LogP contribution in [0.3, 0.4) is 0 Å². The van der Waals surface area contributed by atoms with Gasteiger partial charge in [0.15, 0.2) is 11.6 Å². The maximum absolute atomic E-state index is 14.7. The van der Waals surface area contributed by atoms with Crippen molar-refractivity contribution in [1.29, 1.82) is 0 Å². The van der Waals surface area contributed by atoms with Crippen LogP contribution in [0.25, 0.3) is 0 Å². The van der Waals surface area contributed by atoms with Crippen molar-refractivity contribution >= 4 is 11.8 Å². The predicted molar refractivity (Wildman–Crippen MR) is 116 cm³/mol. The lowest BCUT2D eigenvalue weighted by atomic mass is 9.62. The molecule has 0 radical (unpaired) electrons. The molecule has 2 aliphatic heterocycles. The van der Waals surface area contributed by atoms with Gasteiger partial charge in [0.1, 0.15) is 5.82 Å². The van der Waals surface area contributed by atoms with Crippen molar-refractivity contribution in [3.8, 4) is 0 Å². The molecule has 2 heterocycles. The van der Waals surface area contributed by atoms with E-state index in [-0.39, 0.29) is 55.9 Å². The first-order valence-electron chi connectivity index (χ1n) is 11.3. The number of halogens is 6. The highest BCUT2D eigenvalue weighted by Gasteiger charge is 2.64. The average Bonchev–Trinajstić information content (AvgIpc) is 2.83. The smallest absolute Gasteiger partial charge is 0.356 e. The lowest BCUT2D eigenvalue weighted by molar-refractivity contribution is -0.271. The highest BCUT2D eigenvalue weighted by molar-refractivity contribution is 5.88. The van der Waals surface area contributed by atoms with Crippen LogP contribution in [-0.4, -0.2) is 49.6 Å². The van der Waals surface area contributed by atoms with E-state index in [0.29, 0.717) is 6.07 Å². The molecule has 1 N–H and O–H groups in total. The van der Waals surface area contributed by atoms with Gasteiger partial charge in [0.05, 0.1) is 0 Å². The average molecular weight is 514 g/mol. The normalized spacial score (nSPS) is 21.7. The van der Waals surface area contributed by atoms with Crippen LogP contribution >= 0.6 is 0 Å². The van der Waals surface area contributed by atoms with E-state index in [2.05, 4.69) is 5.32 Å². The molecule has 1 unspecified atom stereocenters. The summed E-state index contributed by atoms with van der Waals surface area (Å²) in [7, 11) is 0.812. The minimum Gasteiger partial charge on any atom is -0.356 e. The molecule has 2 aliphatic rings. The first-order chi connectivity index (χ1) is 16.9. The number of hydrogen-bond donors (Lipinski definition) is 1. The molecule has 11 heteroatoms. The number of benzene rings is 2. The van der Waals surface area contributed by atoms with Gasteiger partial charge in [-0.2, -0.15) is 13.2 Å². The summed E-state index contributed by atoms with van der Waals surface area (Å²) in [6.45, 7) is -0.465. The maximum Gasteiger partial charge on any atom is 0.430 e. The second-order valence-corrected chi connectivity index (χ2v) is 9.23. The topological polar surface area (TPSA) is 58.6 Å². The first-order valence-corrected chi connectivity index (χ1v) is 11.3. The summed E-state index contributed by atoms with van der Waals surface area (Å²) < 4.78 is 90.4. The third kappa shape index (κ3) is 4.23. The van der Waals surface area contributed by atoms with Crippen molar-refractivity contribution in [1.82, 2.24) is 10.2 Å². The van der Waals surface area contributed by atoms with Crippen molar-refractivity contribution in [2.45, 2.75) is 37.0 Å². The molecule has 2 saturated heterocycles. The van der Waals surface area contributed by atoms with Gasteiger partial charge in [0.2, 0.25) is 5.91 Å². The van der Waals surface area contributed by atoms with Gasteiger partial charge in [0, 0.05) is 50.7 Å². The van der Waals surface area contributed by atoms with Gasteiger partial charge in [-0.3, -0.25) is 9.59 Å². The number of alkyl halides is 3. The number of rotatable bonds is 4. The fourth-order valence-corrected chi connectivity index (χ4v) is 5.51. The summed E-state index contributed by atoms with van der Waals surface area (Å²) in [6.07, 6.45) is -5.14. The molecular formula is C25H24F6N2O3. The fourth-order valence-electron chi connectivity index (χ4n) is 5.51. The van der Waals surface area contributed by atoms with Crippen molar-refractivity contribution in [3.05, 3.63) is 71.0 Å². The predicted octanol–water partition coefficient (Wildman–Crippen LogP) is 4.42. The zero-order chi connectivity index (χ0) is 26.3. The van der Waals surface area contributed by atoms with E-state index in [1.165, 1.54) is 18.2 Å². The minimum atomic E-state index is -5.08. The maximum atomic E-state index is 14.7. The molecule has 2 fully saturated rings. The first kappa shape index (κ1) is 26.0. The Morgan fingerprint density at radius 3 is 2.31 bits per heavy atom. The quantitative estimate of drug-likeness (QED) is 0.486. The van der Waals surface area contributed by atoms with Crippen LogP contribution in [0.2, 0.25) is 0 Å². The molecule has 194 valence electrons. The van der Waals surface area contributed by atoms with Crippen LogP contribution in [0.4, 0.5) is 26.3 Å². The van der Waals surface area contributed by atoms with Crippen LogP contribution in [0.15, 0.2) is 42.5 Å². The van der Waals surface area contributed by atoms with E-state index >= 15 is 0 Å². The summed E-state index contributed by atoms with van der Waals surface area (Å²) >= 11 is 0. The molecule has 0 bridgehead atoms. The summed E-state index contributed by atoms with van der Waals surface area (Å²) in [5.41, 5.74) is -4.86. The Bertz CT molecular complexity index is 1150. The van der Waals surface area contributed by atoms with Gasteiger partial charge in [-0.05, 0) is 29.9 Å². The van der Waals surface area contributed by atoms with Gasteiger partial charge >= 0.3 is 6.18 Å². The molecule has 0 saturated carbocycles. The second-order valence-electron chi connectivity index (χ2n) is 9.23. The molecule has 36 heavy (non-hydrogen) atoms. The van der Waals surface area contributed by atoms with E-state index in [0.717, 1.165) is 30.2 Å². The second kappa shape index (κ2) is 9.42. The zero-order valence-corrected chi connectivity index (χ0v) is 19.3. The van der Waals surface area contributed by atoms with E-state index < -0.39 is 46.5 Å². The lowest BCUT2D eigenvalue weighted by Gasteiger charge is -2.50. The molecule has 5 nitrogen and oxygen atoms in total. The molecule has 4 rings (SSSR count). The minimum absolute atomic E-state index is 0.0286. The van der Waals surface area contributed by atoms with Crippen molar-refractivity contribution in [2.24, 2.45) is 5.41 Å². The number of methoxy groups -OCH3 is 1. The molecule has 1 spiro atoms. The summed E-state index contributed by atoms with van der Waals surface area (Å²) in [4.78, 5) is 26.7. The van der Waals surface area contributed by atoms with E-state index in [4.69, 9.17) is 4.74 Å². The molecule has 0 aliphatic carbocycles. The fraction of sp³-hybridized carbons (Fsp3) is 0.440. The number of likely N-dealkylation sites (tertiary alicyclic amines) is 1. The van der Waals surface area contributed by atoms with E-state index in [9.17, 15) is 35.9 Å². The zero-order valence-electron chi connectivity index (χ0n) is 19.3. The number of hydrogen-bond acceptors (Lipinski definition) is 3. The number of carbonyl (C=O) groups is 2. The van der Waals surface area contributed by atoms with Gasteiger partial charge in [0.25, 0.3) is 11.5 Å². The number of amides is 2. The Morgan fingerprint density at radius 2 is 1.72 bits per heavy atom. The van der Waals surface area contributed by atoms with Gasteiger partial charge in [-0.15, -0.1) is 0 Å². The van der Waals surface area contributed by atoms with Crippen LogP contribution in [-0.2, 0) is 19.9 Å². The van der Waals surface area contributed by atoms with Crippen LogP contribution in [0.1, 0.15) is 36.3 Å². The van der Waals surface area contributed by atoms with Crippen LogP contribution in [0, 0.1) is 22.9 Å². The van der Waals surface area contributed by atoms with Gasteiger partial charge in [-0.1, -0.05) is 30.3 Å². The number of piperidine rings is 2. The Kier molecular flexibility index (Phi) is 6.80. The van der Waals surface area contributed by atoms with E-state index in [1.807, 2.05) is 0 Å². The van der Waals surface area contributed by atoms with Crippen molar-refractivity contribution in [2.75, 3.05) is 26.7 Å². The monoisotopic (exact) mass is 514 g/mol. The summed E-state index contributed by atoms with van der Waals surface area (Å²) in [5, 5.41) is 2.58. The standard InChI is InChI=1S/C25H24F6N2O3/c1-36-24(25(29,30)31,15-5-3-2-4-6-15)22(35)33-9-7-23(8-10-33)13-20(34)32-14-18(23)17-11-16(26)12-19(27)21(17)28/h2-6,11-12,18H,7-10,13-14H2,1H3,(H,32,34)/t18?,24-/m1/s1. The summed E-state index contributed by atoms with van der Waals surface area (Å²) in [6, 6.07) is 7.84. The van der Waals surface area contributed by atoms with Gasteiger partial charge in [-0.25, -0.2) is 13.2 Å². The molecule has 2 aromatic carbocycles.